The Morgan fingerprint density at radius 2 is 1.78 bits per heavy atom. The molecule has 1 heterocycles. The third kappa shape index (κ3) is 5.33. The van der Waals surface area contributed by atoms with Gasteiger partial charge in [0, 0.05) is 45.3 Å². The fourth-order valence-electron chi connectivity index (χ4n) is 3.35. The monoisotopic (exact) mass is 317 g/mol. The molecule has 1 aromatic rings. The van der Waals surface area contributed by atoms with Gasteiger partial charge in [0.15, 0.2) is 0 Å². The fourth-order valence-corrected chi connectivity index (χ4v) is 3.35. The summed E-state index contributed by atoms with van der Waals surface area (Å²) in [6, 6.07) is 6.18. The van der Waals surface area contributed by atoms with Crippen molar-refractivity contribution in [3.8, 4) is 0 Å². The molecule has 0 aromatic heterocycles. The van der Waals surface area contributed by atoms with E-state index in [9.17, 15) is 4.79 Å². The van der Waals surface area contributed by atoms with Gasteiger partial charge in [0.1, 0.15) is 0 Å². The lowest BCUT2D eigenvalue weighted by Crippen LogP contribution is -2.43. The first-order chi connectivity index (χ1) is 11.1. The van der Waals surface area contributed by atoms with E-state index < -0.39 is 0 Å². The number of hydrogen-bond donors (Lipinski definition) is 1. The summed E-state index contributed by atoms with van der Waals surface area (Å²) in [6.45, 7) is 9.85. The van der Waals surface area contributed by atoms with Crippen molar-refractivity contribution in [3.05, 3.63) is 29.3 Å². The summed E-state index contributed by atoms with van der Waals surface area (Å²) in [7, 11) is 1.90. The summed E-state index contributed by atoms with van der Waals surface area (Å²) in [5.41, 5.74) is 3.40. The molecule has 0 unspecified atom stereocenters. The Labute approximate surface area is 140 Å². The van der Waals surface area contributed by atoms with Gasteiger partial charge >= 0.3 is 0 Å². The van der Waals surface area contributed by atoms with Crippen LogP contribution in [0.4, 0.5) is 5.69 Å². The Hall–Kier alpha value is -1.39. The molecule has 4 heteroatoms. The van der Waals surface area contributed by atoms with Crippen molar-refractivity contribution in [2.75, 3.05) is 44.7 Å². The van der Waals surface area contributed by atoms with Crippen LogP contribution in [-0.4, -0.2) is 50.6 Å². The van der Waals surface area contributed by atoms with Crippen LogP contribution in [0.15, 0.2) is 18.2 Å². The fraction of sp³-hybridized carbons (Fsp3) is 0.632. The first kappa shape index (κ1) is 18.0. The number of nitrogens with one attached hydrogen (secondary N) is 1. The van der Waals surface area contributed by atoms with Crippen LogP contribution in [0.2, 0.25) is 0 Å². The van der Waals surface area contributed by atoms with Gasteiger partial charge in [-0.3, -0.25) is 4.79 Å². The third-order valence-corrected chi connectivity index (χ3v) is 4.72. The van der Waals surface area contributed by atoms with Gasteiger partial charge in [-0.05, 0) is 44.4 Å². The smallest absolute Gasteiger partial charge is 0.226 e. The molecule has 1 fully saturated rings. The SMILES string of the molecule is Cc1cccc(C)c1N(C)C(=O)CCCCCN1CCNCC1. The number of unbranched alkanes of at least 4 members (excludes halogenated alkanes) is 2. The predicted octanol–water partition coefficient (Wildman–Crippen LogP) is 2.73. The Morgan fingerprint density at radius 1 is 1.13 bits per heavy atom. The highest BCUT2D eigenvalue weighted by molar-refractivity contribution is 5.94. The minimum absolute atomic E-state index is 0.226. The molecule has 0 radical (unpaired) electrons. The van der Waals surface area contributed by atoms with Crippen LogP contribution in [0.3, 0.4) is 0 Å². The number of hydrogen-bond acceptors (Lipinski definition) is 3. The molecule has 1 aliphatic rings. The first-order valence-electron chi connectivity index (χ1n) is 8.85. The molecule has 0 bridgehead atoms. The van der Waals surface area contributed by atoms with Crippen LogP contribution in [0, 0.1) is 13.8 Å². The van der Waals surface area contributed by atoms with Gasteiger partial charge in [0.05, 0.1) is 0 Å². The molecule has 1 aliphatic heterocycles. The van der Waals surface area contributed by atoms with Crippen molar-refractivity contribution < 1.29 is 4.79 Å². The van der Waals surface area contributed by atoms with E-state index in [1.54, 1.807) is 0 Å². The largest absolute Gasteiger partial charge is 0.315 e. The Balaban J connectivity index is 1.70. The maximum atomic E-state index is 12.4. The lowest BCUT2D eigenvalue weighted by atomic mass is 10.1. The van der Waals surface area contributed by atoms with Crippen LogP contribution < -0.4 is 10.2 Å². The van der Waals surface area contributed by atoms with E-state index in [2.05, 4.69) is 36.2 Å². The average Bonchev–Trinajstić information content (AvgIpc) is 2.55. The topological polar surface area (TPSA) is 35.6 Å². The minimum atomic E-state index is 0.226. The standard InChI is InChI=1S/C19H31N3O/c1-16-8-7-9-17(2)19(16)21(3)18(23)10-5-4-6-13-22-14-11-20-12-15-22/h7-9,20H,4-6,10-15H2,1-3H3. The van der Waals surface area contributed by atoms with Gasteiger partial charge in [-0.1, -0.05) is 24.6 Å². The molecular formula is C19H31N3O. The van der Waals surface area contributed by atoms with E-state index in [0.29, 0.717) is 6.42 Å². The van der Waals surface area contributed by atoms with E-state index in [1.165, 1.54) is 24.1 Å². The number of aryl methyl sites for hydroxylation is 2. The van der Waals surface area contributed by atoms with Gasteiger partial charge < -0.3 is 15.1 Å². The number of anilines is 1. The van der Waals surface area contributed by atoms with Crippen molar-refractivity contribution >= 4 is 11.6 Å². The molecule has 1 aromatic carbocycles. The van der Waals surface area contributed by atoms with Crippen LogP contribution >= 0.6 is 0 Å². The second kappa shape index (κ2) is 9.04. The summed E-state index contributed by atoms with van der Waals surface area (Å²) in [4.78, 5) is 16.8. The van der Waals surface area contributed by atoms with Crippen LogP contribution in [0.5, 0.6) is 0 Å². The summed E-state index contributed by atoms with van der Waals surface area (Å²) in [6.07, 6.45) is 3.96. The number of amides is 1. The van der Waals surface area contributed by atoms with E-state index in [0.717, 1.165) is 44.7 Å². The van der Waals surface area contributed by atoms with Gasteiger partial charge in [-0.15, -0.1) is 0 Å². The zero-order valence-electron chi connectivity index (χ0n) is 14.9. The number of para-hydroxylation sites is 1. The minimum Gasteiger partial charge on any atom is -0.315 e. The zero-order valence-corrected chi connectivity index (χ0v) is 14.9. The molecule has 1 amide bonds. The van der Waals surface area contributed by atoms with E-state index in [4.69, 9.17) is 0 Å². The van der Waals surface area contributed by atoms with Crippen molar-refractivity contribution in [2.45, 2.75) is 39.5 Å². The lowest BCUT2D eigenvalue weighted by molar-refractivity contribution is -0.118. The summed E-state index contributed by atoms with van der Waals surface area (Å²) in [5, 5.41) is 3.38. The van der Waals surface area contributed by atoms with Crippen LogP contribution in [-0.2, 0) is 4.79 Å². The quantitative estimate of drug-likeness (QED) is 0.786. The number of nitrogens with zero attached hydrogens (tertiary/aromatic N) is 2. The van der Waals surface area contributed by atoms with Gasteiger partial charge in [-0.25, -0.2) is 0 Å². The van der Waals surface area contributed by atoms with Crippen LogP contribution in [0.1, 0.15) is 36.8 Å². The number of benzene rings is 1. The van der Waals surface area contributed by atoms with Crippen molar-refractivity contribution in [2.24, 2.45) is 0 Å². The Bertz CT molecular complexity index is 489. The van der Waals surface area contributed by atoms with Gasteiger partial charge in [-0.2, -0.15) is 0 Å². The average molecular weight is 317 g/mol. The zero-order chi connectivity index (χ0) is 16.7. The molecule has 0 spiro atoms. The predicted molar refractivity (Wildman–Crippen MR) is 97.1 cm³/mol. The highest BCUT2D eigenvalue weighted by Crippen LogP contribution is 2.24. The summed E-state index contributed by atoms with van der Waals surface area (Å²) in [5.74, 6) is 0.226. The van der Waals surface area contributed by atoms with Crippen LogP contribution in [0.25, 0.3) is 0 Å². The molecule has 0 saturated carbocycles. The highest BCUT2D eigenvalue weighted by atomic mass is 16.2. The number of rotatable bonds is 7. The van der Waals surface area contributed by atoms with Gasteiger partial charge in [0.2, 0.25) is 5.91 Å². The summed E-state index contributed by atoms with van der Waals surface area (Å²) < 4.78 is 0. The number of piperazine rings is 1. The third-order valence-electron chi connectivity index (χ3n) is 4.72. The molecule has 1 N–H and O–H groups in total. The highest BCUT2D eigenvalue weighted by Gasteiger charge is 2.14. The van der Waals surface area contributed by atoms with Crippen molar-refractivity contribution in [1.29, 1.82) is 0 Å². The first-order valence-corrected chi connectivity index (χ1v) is 8.85. The van der Waals surface area contributed by atoms with Crippen molar-refractivity contribution in [1.82, 2.24) is 10.2 Å². The second-order valence-corrected chi connectivity index (χ2v) is 6.60. The van der Waals surface area contributed by atoms with E-state index in [-0.39, 0.29) is 5.91 Å². The normalized spacial score (nSPS) is 15.6. The Morgan fingerprint density at radius 3 is 2.43 bits per heavy atom. The molecule has 0 atom stereocenters. The number of carbonyl (C=O) groups is 1. The molecule has 0 aliphatic carbocycles. The molecular weight excluding hydrogens is 286 g/mol. The maximum Gasteiger partial charge on any atom is 0.226 e. The van der Waals surface area contributed by atoms with Gasteiger partial charge in [0.25, 0.3) is 0 Å². The molecule has 2 rings (SSSR count). The summed E-state index contributed by atoms with van der Waals surface area (Å²) >= 11 is 0. The molecule has 1 saturated heterocycles. The molecule has 128 valence electrons. The molecule has 23 heavy (non-hydrogen) atoms. The van der Waals surface area contributed by atoms with E-state index >= 15 is 0 Å². The maximum absolute atomic E-state index is 12.4. The number of carbonyl (C=O) groups excluding carboxylic acids is 1. The molecule has 4 nitrogen and oxygen atoms in total. The Kier molecular flexibility index (Phi) is 7.06. The van der Waals surface area contributed by atoms with Crippen molar-refractivity contribution in [3.63, 3.8) is 0 Å². The van der Waals surface area contributed by atoms with E-state index in [1.807, 2.05) is 18.0 Å². The second-order valence-electron chi connectivity index (χ2n) is 6.60. The lowest BCUT2D eigenvalue weighted by Gasteiger charge is -2.27.